The zero-order valence-electron chi connectivity index (χ0n) is 17.4. The number of H-pyrrole nitrogens is 1. The van der Waals surface area contributed by atoms with Gasteiger partial charge in [-0.15, -0.1) is 0 Å². The average molecular weight is 412 g/mol. The maximum absolute atomic E-state index is 13.5. The van der Waals surface area contributed by atoms with Crippen LogP contribution in [0.4, 0.5) is 5.69 Å². The summed E-state index contributed by atoms with van der Waals surface area (Å²) < 4.78 is 0. The third-order valence-corrected chi connectivity index (χ3v) is 5.39. The Morgan fingerprint density at radius 1 is 0.903 bits per heavy atom. The van der Waals surface area contributed by atoms with Gasteiger partial charge in [0.25, 0.3) is 0 Å². The van der Waals surface area contributed by atoms with Gasteiger partial charge < -0.3 is 10.3 Å². The summed E-state index contributed by atoms with van der Waals surface area (Å²) in [6.45, 7) is 2.07. The lowest BCUT2D eigenvalue weighted by Crippen LogP contribution is -2.35. The van der Waals surface area contributed by atoms with Gasteiger partial charge in [-0.3, -0.25) is 14.9 Å². The van der Waals surface area contributed by atoms with Crippen LogP contribution in [0.25, 0.3) is 10.9 Å². The fraction of sp³-hybridized carbons (Fsp3) is 0.154. The van der Waals surface area contributed by atoms with E-state index in [4.69, 9.17) is 0 Å². The van der Waals surface area contributed by atoms with E-state index in [9.17, 15) is 9.59 Å². The van der Waals surface area contributed by atoms with Crippen molar-refractivity contribution >= 4 is 28.3 Å². The molecule has 0 spiro atoms. The van der Waals surface area contributed by atoms with E-state index in [1.165, 1.54) is 0 Å². The Bertz CT molecular complexity index is 1200. The van der Waals surface area contributed by atoms with Crippen LogP contribution in [0.5, 0.6) is 0 Å². The van der Waals surface area contributed by atoms with Gasteiger partial charge in [0.15, 0.2) is 5.78 Å². The molecule has 0 saturated carbocycles. The first-order valence-electron chi connectivity index (χ1n) is 10.4. The third-order valence-electron chi connectivity index (χ3n) is 5.39. The predicted molar refractivity (Wildman–Crippen MR) is 124 cm³/mol. The number of nitrogens with one attached hydrogen (secondary N) is 3. The Hall–Kier alpha value is -3.70. The molecule has 4 rings (SSSR count). The lowest BCUT2D eigenvalue weighted by Gasteiger charge is -2.18. The number of hydrogen-bond donors (Lipinski definition) is 3. The van der Waals surface area contributed by atoms with Crippen LogP contribution < -0.4 is 10.6 Å². The van der Waals surface area contributed by atoms with Gasteiger partial charge in [-0.25, -0.2) is 0 Å². The van der Waals surface area contributed by atoms with E-state index in [-0.39, 0.29) is 18.2 Å². The van der Waals surface area contributed by atoms with Gasteiger partial charge in [-0.05, 0) is 29.7 Å². The van der Waals surface area contributed by atoms with Crippen LogP contribution in [0.3, 0.4) is 0 Å². The molecule has 5 nitrogen and oxygen atoms in total. The second-order valence-corrected chi connectivity index (χ2v) is 7.40. The van der Waals surface area contributed by atoms with Gasteiger partial charge in [0.05, 0.1) is 12.6 Å². The molecule has 1 amide bonds. The molecular formula is C26H25N3O2. The van der Waals surface area contributed by atoms with E-state index < -0.39 is 6.04 Å². The summed E-state index contributed by atoms with van der Waals surface area (Å²) >= 11 is 0. The minimum atomic E-state index is -0.632. The maximum atomic E-state index is 13.5. The number of benzene rings is 3. The number of aryl methyl sites for hydroxylation is 1. The molecule has 0 aliphatic heterocycles. The van der Waals surface area contributed by atoms with Crippen molar-refractivity contribution in [3.8, 4) is 0 Å². The second-order valence-electron chi connectivity index (χ2n) is 7.40. The fourth-order valence-corrected chi connectivity index (χ4v) is 3.78. The standard InChI is InChI=1S/C26H25N3O2/c1-2-18-10-6-8-14-22(18)29-24(30)17-28-25(19-11-4-3-5-12-19)26(31)21-16-27-23-15-9-7-13-20(21)23/h3-16,25,27-28H,2,17H2,1H3,(H,29,30)/t25-/m1/s1. The van der Waals surface area contributed by atoms with Crippen molar-refractivity contribution in [3.63, 3.8) is 0 Å². The van der Waals surface area contributed by atoms with Crippen molar-refractivity contribution in [2.24, 2.45) is 0 Å². The quantitative estimate of drug-likeness (QED) is 0.362. The molecule has 0 fully saturated rings. The third kappa shape index (κ3) is 4.57. The highest BCUT2D eigenvalue weighted by atomic mass is 16.2. The first-order chi connectivity index (χ1) is 15.2. The van der Waals surface area contributed by atoms with Gasteiger partial charge in [-0.1, -0.05) is 73.7 Å². The number of anilines is 1. The van der Waals surface area contributed by atoms with Crippen LogP contribution in [0.1, 0.15) is 34.5 Å². The number of para-hydroxylation sites is 2. The Balaban J connectivity index is 1.55. The summed E-state index contributed by atoms with van der Waals surface area (Å²) in [5.74, 6) is -0.265. The number of rotatable bonds is 8. The molecule has 0 aliphatic carbocycles. The lowest BCUT2D eigenvalue weighted by atomic mass is 9.97. The van der Waals surface area contributed by atoms with E-state index in [2.05, 4.69) is 22.5 Å². The van der Waals surface area contributed by atoms with Crippen molar-refractivity contribution in [3.05, 3.63) is 102 Å². The first-order valence-corrected chi connectivity index (χ1v) is 10.4. The monoisotopic (exact) mass is 411 g/mol. The molecule has 3 N–H and O–H groups in total. The van der Waals surface area contributed by atoms with Crippen molar-refractivity contribution in [2.45, 2.75) is 19.4 Å². The number of fused-ring (bicyclic) bond motifs is 1. The Labute approximate surface area is 181 Å². The highest BCUT2D eigenvalue weighted by molar-refractivity contribution is 6.10. The summed E-state index contributed by atoms with van der Waals surface area (Å²) in [7, 11) is 0. The Morgan fingerprint density at radius 2 is 1.61 bits per heavy atom. The van der Waals surface area contributed by atoms with Crippen LogP contribution in [-0.4, -0.2) is 23.2 Å². The molecule has 0 bridgehead atoms. The summed E-state index contributed by atoms with van der Waals surface area (Å²) in [6, 6.07) is 24.3. The number of Topliss-reactive ketones (excluding diaryl/α,β-unsaturated/α-hetero) is 1. The van der Waals surface area contributed by atoms with Crippen LogP contribution in [-0.2, 0) is 11.2 Å². The molecule has 1 heterocycles. The fourth-order valence-electron chi connectivity index (χ4n) is 3.78. The second kappa shape index (κ2) is 9.41. The molecule has 1 aromatic heterocycles. The van der Waals surface area contributed by atoms with E-state index in [0.29, 0.717) is 5.56 Å². The molecule has 3 aromatic carbocycles. The van der Waals surface area contributed by atoms with E-state index in [0.717, 1.165) is 34.1 Å². The highest BCUT2D eigenvalue weighted by Gasteiger charge is 2.24. The Morgan fingerprint density at radius 3 is 2.42 bits per heavy atom. The predicted octanol–water partition coefficient (Wildman–Crippen LogP) is 4.88. The van der Waals surface area contributed by atoms with Crippen molar-refractivity contribution in [2.75, 3.05) is 11.9 Å². The zero-order valence-corrected chi connectivity index (χ0v) is 17.4. The molecule has 31 heavy (non-hydrogen) atoms. The van der Waals surface area contributed by atoms with E-state index in [1.807, 2.05) is 78.9 Å². The molecular weight excluding hydrogens is 386 g/mol. The van der Waals surface area contributed by atoms with Crippen molar-refractivity contribution < 1.29 is 9.59 Å². The van der Waals surface area contributed by atoms with Crippen molar-refractivity contribution in [1.29, 1.82) is 0 Å². The number of aromatic amines is 1. The molecule has 4 aromatic rings. The molecule has 1 atom stereocenters. The summed E-state index contributed by atoms with van der Waals surface area (Å²) in [6.07, 6.45) is 2.57. The normalized spacial score (nSPS) is 11.9. The summed E-state index contributed by atoms with van der Waals surface area (Å²) in [4.78, 5) is 29.3. The molecule has 5 heteroatoms. The first kappa shape index (κ1) is 20.6. The van der Waals surface area contributed by atoms with Gasteiger partial charge in [0.1, 0.15) is 0 Å². The number of amides is 1. The van der Waals surface area contributed by atoms with Crippen LogP contribution >= 0.6 is 0 Å². The summed E-state index contributed by atoms with van der Waals surface area (Å²) in [5.41, 5.74) is 4.21. The molecule has 0 radical (unpaired) electrons. The number of carbonyl (C=O) groups is 2. The summed E-state index contributed by atoms with van der Waals surface area (Å²) in [5, 5.41) is 7.00. The molecule has 0 unspecified atom stereocenters. The highest BCUT2D eigenvalue weighted by Crippen LogP contribution is 2.24. The van der Waals surface area contributed by atoms with Gasteiger partial charge in [0.2, 0.25) is 5.91 Å². The van der Waals surface area contributed by atoms with E-state index >= 15 is 0 Å². The smallest absolute Gasteiger partial charge is 0.238 e. The molecule has 156 valence electrons. The van der Waals surface area contributed by atoms with Crippen LogP contribution in [0, 0.1) is 0 Å². The number of ketones is 1. The Kier molecular flexibility index (Phi) is 6.24. The number of aromatic nitrogens is 1. The van der Waals surface area contributed by atoms with Gasteiger partial charge >= 0.3 is 0 Å². The maximum Gasteiger partial charge on any atom is 0.238 e. The lowest BCUT2D eigenvalue weighted by molar-refractivity contribution is -0.115. The number of carbonyl (C=O) groups excluding carboxylic acids is 2. The SMILES string of the molecule is CCc1ccccc1NC(=O)CN[C@@H](C(=O)c1c[nH]c2ccccc12)c1ccccc1. The van der Waals surface area contributed by atoms with Gasteiger partial charge in [-0.2, -0.15) is 0 Å². The largest absolute Gasteiger partial charge is 0.360 e. The van der Waals surface area contributed by atoms with Crippen molar-refractivity contribution in [1.82, 2.24) is 10.3 Å². The molecule has 0 aliphatic rings. The minimum absolute atomic E-state index is 0.0195. The zero-order chi connectivity index (χ0) is 21.6. The van der Waals surface area contributed by atoms with Gasteiger partial charge in [0, 0.05) is 28.4 Å². The number of hydrogen-bond acceptors (Lipinski definition) is 3. The van der Waals surface area contributed by atoms with Crippen LogP contribution in [0.2, 0.25) is 0 Å². The topological polar surface area (TPSA) is 74.0 Å². The van der Waals surface area contributed by atoms with Crippen LogP contribution in [0.15, 0.2) is 85.1 Å². The minimum Gasteiger partial charge on any atom is -0.360 e. The van der Waals surface area contributed by atoms with E-state index in [1.54, 1.807) is 6.20 Å². The average Bonchev–Trinajstić information content (AvgIpc) is 3.24. The molecule has 0 saturated heterocycles.